The van der Waals surface area contributed by atoms with Crippen LogP contribution in [-0.2, 0) is 10.5 Å². The molecule has 1 saturated heterocycles. The van der Waals surface area contributed by atoms with Crippen molar-refractivity contribution < 1.29 is 9.53 Å². The minimum absolute atomic E-state index is 0.0340. The van der Waals surface area contributed by atoms with Gasteiger partial charge in [-0.3, -0.25) is 9.69 Å². The van der Waals surface area contributed by atoms with Crippen molar-refractivity contribution in [3.8, 4) is 0 Å². The lowest BCUT2D eigenvalue weighted by Crippen LogP contribution is -2.55. The molecule has 4 rings (SSSR count). The van der Waals surface area contributed by atoms with Crippen LogP contribution >= 0.6 is 11.8 Å². The van der Waals surface area contributed by atoms with Gasteiger partial charge in [-0.05, 0) is 50.2 Å². The summed E-state index contributed by atoms with van der Waals surface area (Å²) in [5.74, 6) is 0.759. The average Bonchev–Trinajstić information content (AvgIpc) is 3.20. The fraction of sp³-hybridized carbons (Fsp3) is 0.391. The first-order valence-corrected chi connectivity index (χ1v) is 11.3. The molecular weight excluding hydrogens is 396 g/mol. The van der Waals surface area contributed by atoms with Gasteiger partial charge in [-0.1, -0.05) is 6.07 Å². The normalized spacial score (nSPS) is 15.4. The number of aromatic nitrogens is 2. The number of hydrogen-bond donors (Lipinski definition) is 1. The highest BCUT2D eigenvalue weighted by molar-refractivity contribution is 7.98. The Balaban J connectivity index is 1.29. The molecule has 0 atom stereocenters. The predicted molar refractivity (Wildman–Crippen MR) is 120 cm³/mol. The van der Waals surface area contributed by atoms with Crippen molar-refractivity contribution in [1.82, 2.24) is 19.6 Å². The van der Waals surface area contributed by atoms with E-state index in [9.17, 15) is 4.79 Å². The molecule has 7 heteroatoms. The van der Waals surface area contributed by atoms with Crippen LogP contribution in [0.4, 0.5) is 0 Å². The number of fused-ring (bicyclic) bond motifs is 1. The van der Waals surface area contributed by atoms with Gasteiger partial charge in [0, 0.05) is 53.8 Å². The maximum Gasteiger partial charge on any atom is 0.251 e. The molecule has 1 aromatic carbocycles. The van der Waals surface area contributed by atoms with E-state index < -0.39 is 0 Å². The van der Waals surface area contributed by atoms with Gasteiger partial charge in [0.15, 0.2) is 0 Å². The van der Waals surface area contributed by atoms with E-state index in [0.29, 0.717) is 12.1 Å². The van der Waals surface area contributed by atoms with E-state index in [0.717, 1.165) is 48.3 Å². The summed E-state index contributed by atoms with van der Waals surface area (Å²) >= 11 is 1.72. The molecule has 2 aromatic heterocycles. The number of thioether (sulfide) groups is 1. The topological polar surface area (TPSA) is 58.9 Å². The SMILES string of the molecule is CC(C)(CNC(=O)c1ccc(SCc2cn3ccccc3n2)cc1)N1CCOCC1. The zero-order valence-electron chi connectivity index (χ0n) is 17.5. The number of carbonyl (C=O) groups excluding carboxylic acids is 1. The quantitative estimate of drug-likeness (QED) is 0.589. The van der Waals surface area contributed by atoms with Crippen LogP contribution in [0.25, 0.3) is 5.65 Å². The van der Waals surface area contributed by atoms with Crippen molar-refractivity contribution >= 4 is 23.3 Å². The Labute approximate surface area is 181 Å². The second-order valence-electron chi connectivity index (χ2n) is 8.11. The van der Waals surface area contributed by atoms with Gasteiger partial charge in [-0.2, -0.15) is 0 Å². The van der Waals surface area contributed by atoms with Gasteiger partial charge in [-0.15, -0.1) is 11.8 Å². The molecule has 3 heterocycles. The molecule has 1 aliphatic heterocycles. The third kappa shape index (κ3) is 5.03. The van der Waals surface area contributed by atoms with Crippen LogP contribution in [0.3, 0.4) is 0 Å². The van der Waals surface area contributed by atoms with Crippen LogP contribution < -0.4 is 5.32 Å². The van der Waals surface area contributed by atoms with Crippen molar-refractivity contribution in [2.75, 3.05) is 32.8 Å². The number of hydrogen-bond acceptors (Lipinski definition) is 5. The molecule has 1 aliphatic rings. The molecule has 0 radical (unpaired) electrons. The first kappa shape index (κ1) is 20.9. The first-order valence-electron chi connectivity index (χ1n) is 10.3. The molecule has 1 fully saturated rings. The number of morpholine rings is 1. The van der Waals surface area contributed by atoms with E-state index in [1.807, 2.05) is 53.1 Å². The van der Waals surface area contributed by atoms with Gasteiger partial charge in [0.1, 0.15) is 5.65 Å². The second kappa shape index (κ2) is 9.20. The summed E-state index contributed by atoms with van der Waals surface area (Å²) in [4.78, 5) is 20.7. The van der Waals surface area contributed by atoms with Gasteiger partial charge in [-0.25, -0.2) is 4.98 Å². The highest BCUT2D eigenvalue weighted by Crippen LogP contribution is 2.23. The molecule has 0 unspecified atom stereocenters. The van der Waals surface area contributed by atoms with Crippen LogP contribution in [0.2, 0.25) is 0 Å². The van der Waals surface area contributed by atoms with E-state index in [4.69, 9.17) is 4.74 Å². The fourth-order valence-electron chi connectivity index (χ4n) is 3.60. The second-order valence-corrected chi connectivity index (χ2v) is 9.15. The minimum atomic E-state index is -0.0939. The number of carbonyl (C=O) groups is 1. The van der Waals surface area contributed by atoms with Gasteiger partial charge in [0.25, 0.3) is 5.91 Å². The monoisotopic (exact) mass is 424 g/mol. The average molecular weight is 425 g/mol. The number of nitrogens with one attached hydrogen (secondary N) is 1. The third-order valence-electron chi connectivity index (χ3n) is 5.47. The van der Waals surface area contributed by atoms with Crippen LogP contribution in [0.1, 0.15) is 29.9 Å². The number of benzene rings is 1. The Kier molecular flexibility index (Phi) is 6.41. The lowest BCUT2D eigenvalue weighted by atomic mass is 10.0. The number of rotatable bonds is 7. The summed E-state index contributed by atoms with van der Waals surface area (Å²) in [6.07, 6.45) is 4.06. The summed E-state index contributed by atoms with van der Waals surface area (Å²) in [6, 6.07) is 13.8. The van der Waals surface area contributed by atoms with Gasteiger partial charge in [0.05, 0.1) is 18.9 Å². The smallest absolute Gasteiger partial charge is 0.251 e. The van der Waals surface area contributed by atoms with E-state index in [-0.39, 0.29) is 11.4 Å². The van der Waals surface area contributed by atoms with Crippen molar-refractivity contribution in [2.45, 2.75) is 30.0 Å². The van der Waals surface area contributed by atoms with Gasteiger partial charge < -0.3 is 14.5 Å². The molecular formula is C23H28N4O2S. The zero-order valence-corrected chi connectivity index (χ0v) is 18.3. The maximum absolute atomic E-state index is 12.6. The van der Waals surface area contributed by atoms with Crippen LogP contribution in [0.15, 0.2) is 59.8 Å². The maximum atomic E-state index is 12.6. The first-order chi connectivity index (χ1) is 14.5. The standard InChI is InChI=1S/C23H28N4O2S/c1-23(2,27-11-13-29-14-12-27)17-24-22(28)18-6-8-20(9-7-18)30-16-19-15-26-10-4-3-5-21(26)25-19/h3-10,15H,11-14,16-17H2,1-2H3,(H,24,28). The van der Waals surface area contributed by atoms with Crippen molar-refractivity contribution in [3.05, 3.63) is 66.1 Å². The minimum Gasteiger partial charge on any atom is -0.379 e. The Bertz CT molecular complexity index is 961. The summed E-state index contributed by atoms with van der Waals surface area (Å²) in [7, 11) is 0. The molecule has 0 saturated carbocycles. The number of ether oxygens (including phenoxy) is 1. The Morgan fingerprint density at radius 2 is 1.93 bits per heavy atom. The molecule has 0 spiro atoms. The van der Waals surface area contributed by atoms with E-state index in [1.165, 1.54) is 0 Å². The fourth-order valence-corrected chi connectivity index (χ4v) is 4.38. The number of pyridine rings is 1. The number of nitrogens with zero attached hydrogens (tertiary/aromatic N) is 3. The molecule has 6 nitrogen and oxygen atoms in total. The predicted octanol–water partition coefficient (Wildman–Crippen LogP) is 3.47. The molecule has 0 bridgehead atoms. The van der Waals surface area contributed by atoms with Gasteiger partial charge >= 0.3 is 0 Å². The molecule has 3 aromatic rings. The molecule has 0 aliphatic carbocycles. The lowest BCUT2D eigenvalue weighted by molar-refractivity contribution is -0.00923. The highest BCUT2D eigenvalue weighted by atomic mass is 32.2. The lowest BCUT2D eigenvalue weighted by Gasteiger charge is -2.40. The van der Waals surface area contributed by atoms with E-state index >= 15 is 0 Å². The largest absolute Gasteiger partial charge is 0.379 e. The van der Waals surface area contributed by atoms with Gasteiger partial charge in [0.2, 0.25) is 0 Å². The summed E-state index contributed by atoms with van der Waals surface area (Å²) < 4.78 is 7.46. The summed E-state index contributed by atoms with van der Waals surface area (Å²) in [5.41, 5.74) is 2.59. The third-order valence-corrected chi connectivity index (χ3v) is 6.51. The molecule has 30 heavy (non-hydrogen) atoms. The Hall–Kier alpha value is -2.35. The highest BCUT2D eigenvalue weighted by Gasteiger charge is 2.28. The molecule has 1 amide bonds. The van der Waals surface area contributed by atoms with Crippen LogP contribution in [-0.4, -0.2) is 58.6 Å². The van der Waals surface area contributed by atoms with Crippen molar-refractivity contribution in [1.29, 1.82) is 0 Å². The van der Waals surface area contributed by atoms with E-state index in [2.05, 4.69) is 35.2 Å². The van der Waals surface area contributed by atoms with Crippen LogP contribution in [0.5, 0.6) is 0 Å². The zero-order chi connectivity index (χ0) is 21.0. The van der Waals surface area contributed by atoms with E-state index in [1.54, 1.807) is 11.8 Å². The van der Waals surface area contributed by atoms with Crippen molar-refractivity contribution in [2.24, 2.45) is 0 Å². The van der Waals surface area contributed by atoms with Crippen LogP contribution in [0, 0.1) is 0 Å². The number of imidazole rings is 1. The summed E-state index contributed by atoms with van der Waals surface area (Å²) in [6.45, 7) is 8.25. The Morgan fingerprint density at radius 3 is 2.67 bits per heavy atom. The van der Waals surface area contributed by atoms with Crippen molar-refractivity contribution in [3.63, 3.8) is 0 Å². The summed E-state index contributed by atoms with van der Waals surface area (Å²) in [5, 5.41) is 3.09. The number of amides is 1. The Morgan fingerprint density at radius 1 is 1.17 bits per heavy atom. The molecule has 1 N–H and O–H groups in total. The molecule has 158 valence electrons.